The molecule has 2 aromatic rings. The van der Waals surface area contributed by atoms with Crippen molar-refractivity contribution in [2.75, 3.05) is 38.1 Å². The Morgan fingerprint density at radius 1 is 1.25 bits per heavy atom. The van der Waals surface area contributed by atoms with Gasteiger partial charge in [-0.25, -0.2) is 9.97 Å². The molecule has 0 amide bonds. The van der Waals surface area contributed by atoms with Gasteiger partial charge in [-0.2, -0.15) is 0 Å². The lowest BCUT2D eigenvalue weighted by molar-refractivity contribution is -0.384. The molecule has 3 rings (SSSR count). The lowest BCUT2D eigenvalue weighted by Gasteiger charge is -2.33. The SMILES string of the molecule is CN1CCN(c2cc3ncncc3cc2[N+](=O)[O-])CC1. The summed E-state index contributed by atoms with van der Waals surface area (Å²) in [5.74, 6) is 0. The molecule has 20 heavy (non-hydrogen) atoms. The fourth-order valence-electron chi connectivity index (χ4n) is 2.45. The summed E-state index contributed by atoms with van der Waals surface area (Å²) in [7, 11) is 2.05. The summed E-state index contributed by atoms with van der Waals surface area (Å²) in [4.78, 5) is 23.3. The smallest absolute Gasteiger partial charge is 0.293 e. The van der Waals surface area contributed by atoms with Gasteiger partial charge in [0.1, 0.15) is 12.0 Å². The maximum absolute atomic E-state index is 11.3. The van der Waals surface area contributed by atoms with Crippen LogP contribution in [-0.4, -0.2) is 53.0 Å². The summed E-state index contributed by atoms with van der Waals surface area (Å²) in [6, 6.07) is 3.35. The van der Waals surface area contributed by atoms with Crippen molar-refractivity contribution >= 4 is 22.3 Å². The Bertz CT molecular complexity index is 652. The molecule has 1 fully saturated rings. The molecule has 104 valence electrons. The standard InChI is InChI=1S/C13H15N5O2/c1-16-2-4-17(5-3-16)12-7-11-10(8-14-9-15-11)6-13(12)18(19)20/h6-9H,2-5H2,1H3. The molecule has 0 spiro atoms. The minimum Gasteiger partial charge on any atom is -0.363 e. The Kier molecular flexibility index (Phi) is 3.19. The Hall–Kier alpha value is -2.28. The van der Waals surface area contributed by atoms with Crippen LogP contribution < -0.4 is 4.90 Å². The first-order valence-corrected chi connectivity index (χ1v) is 6.47. The van der Waals surface area contributed by atoms with Crippen molar-refractivity contribution in [2.24, 2.45) is 0 Å². The zero-order valence-electron chi connectivity index (χ0n) is 11.2. The number of nitro benzene ring substituents is 1. The third kappa shape index (κ3) is 2.27. The fraction of sp³-hybridized carbons (Fsp3) is 0.385. The monoisotopic (exact) mass is 273 g/mol. The molecule has 1 saturated heterocycles. The molecule has 1 aliphatic heterocycles. The Labute approximate surface area is 116 Å². The van der Waals surface area contributed by atoms with Gasteiger partial charge in [-0.15, -0.1) is 0 Å². The Balaban J connectivity index is 2.07. The van der Waals surface area contributed by atoms with Gasteiger partial charge in [-0.1, -0.05) is 0 Å². The van der Waals surface area contributed by atoms with Crippen LogP contribution in [0.5, 0.6) is 0 Å². The number of fused-ring (bicyclic) bond motifs is 1. The minimum absolute atomic E-state index is 0.122. The van der Waals surface area contributed by atoms with E-state index in [1.54, 1.807) is 18.3 Å². The number of piperazine rings is 1. The van der Waals surface area contributed by atoms with Gasteiger partial charge in [0.2, 0.25) is 0 Å². The molecule has 0 N–H and O–H groups in total. The largest absolute Gasteiger partial charge is 0.363 e. The van der Waals surface area contributed by atoms with Crippen molar-refractivity contribution in [1.82, 2.24) is 14.9 Å². The van der Waals surface area contributed by atoms with Crippen molar-refractivity contribution in [3.63, 3.8) is 0 Å². The van der Waals surface area contributed by atoms with Crippen LogP contribution in [-0.2, 0) is 0 Å². The van der Waals surface area contributed by atoms with Crippen molar-refractivity contribution in [2.45, 2.75) is 0 Å². The van der Waals surface area contributed by atoms with Crippen molar-refractivity contribution in [3.05, 3.63) is 34.8 Å². The highest BCUT2D eigenvalue weighted by Crippen LogP contribution is 2.32. The molecular formula is C13H15N5O2. The second-order valence-electron chi connectivity index (χ2n) is 4.97. The number of hydrogen-bond acceptors (Lipinski definition) is 6. The van der Waals surface area contributed by atoms with Gasteiger partial charge in [0, 0.05) is 43.8 Å². The molecule has 1 aromatic heterocycles. The Morgan fingerprint density at radius 2 is 2.00 bits per heavy atom. The number of nitro groups is 1. The average Bonchev–Trinajstić information content (AvgIpc) is 2.46. The molecule has 7 heteroatoms. The zero-order chi connectivity index (χ0) is 14.1. The summed E-state index contributed by atoms with van der Waals surface area (Å²) < 4.78 is 0. The van der Waals surface area contributed by atoms with Gasteiger partial charge < -0.3 is 9.80 Å². The van der Waals surface area contributed by atoms with E-state index in [1.165, 1.54) is 6.33 Å². The number of rotatable bonds is 2. The highest BCUT2D eigenvalue weighted by Gasteiger charge is 2.23. The van der Waals surface area contributed by atoms with Crippen LogP contribution >= 0.6 is 0 Å². The molecule has 0 radical (unpaired) electrons. The first kappa shape index (κ1) is 12.7. The van der Waals surface area contributed by atoms with Crippen LogP contribution in [0, 0.1) is 10.1 Å². The quantitative estimate of drug-likeness (QED) is 0.606. The number of nitrogens with zero attached hydrogens (tertiary/aromatic N) is 5. The van der Waals surface area contributed by atoms with E-state index >= 15 is 0 Å². The molecule has 0 aliphatic carbocycles. The van der Waals surface area contributed by atoms with Crippen LogP contribution in [0.4, 0.5) is 11.4 Å². The van der Waals surface area contributed by atoms with E-state index < -0.39 is 0 Å². The molecule has 1 aromatic carbocycles. The van der Waals surface area contributed by atoms with Crippen molar-refractivity contribution in [3.8, 4) is 0 Å². The first-order chi connectivity index (χ1) is 9.65. The highest BCUT2D eigenvalue weighted by atomic mass is 16.6. The third-order valence-electron chi connectivity index (χ3n) is 3.64. The van der Waals surface area contributed by atoms with Crippen molar-refractivity contribution < 1.29 is 4.92 Å². The van der Waals surface area contributed by atoms with E-state index in [0.717, 1.165) is 31.7 Å². The highest BCUT2D eigenvalue weighted by molar-refractivity contribution is 5.87. The van der Waals surface area contributed by atoms with E-state index in [4.69, 9.17) is 0 Å². The third-order valence-corrected chi connectivity index (χ3v) is 3.64. The summed E-state index contributed by atoms with van der Waals surface area (Å²) in [6.45, 7) is 3.37. The van der Waals surface area contributed by atoms with E-state index in [0.29, 0.717) is 11.1 Å². The second kappa shape index (κ2) is 5.01. The molecule has 0 unspecified atom stereocenters. The summed E-state index contributed by atoms with van der Waals surface area (Å²) in [6.07, 6.45) is 3.06. The summed E-state index contributed by atoms with van der Waals surface area (Å²) >= 11 is 0. The minimum atomic E-state index is -0.333. The first-order valence-electron chi connectivity index (χ1n) is 6.47. The number of aromatic nitrogens is 2. The lowest BCUT2D eigenvalue weighted by Crippen LogP contribution is -2.44. The number of likely N-dealkylation sites (N-methyl/N-ethyl adjacent to an activating group) is 1. The summed E-state index contributed by atoms with van der Waals surface area (Å²) in [5, 5.41) is 12.0. The number of hydrogen-bond donors (Lipinski definition) is 0. The van der Waals surface area contributed by atoms with Gasteiger partial charge in [0.15, 0.2) is 0 Å². The van der Waals surface area contributed by atoms with E-state index in [2.05, 4.69) is 26.8 Å². The maximum Gasteiger partial charge on any atom is 0.293 e. The molecule has 2 heterocycles. The van der Waals surface area contributed by atoms with E-state index in [1.807, 2.05) is 0 Å². The van der Waals surface area contributed by atoms with Gasteiger partial charge in [-0.3, -0.25) is 10.1 Å². The van der Waals surface area contributed by atoms with Crippen LogP contribution in [0.15, 0.2) is 24.7 Å². The molecule has 0 bridgehead atoms. The fourth-order valence-corrected chi connectivity index (χ4v) is 2.45. The molecule has 0 atom stereocenters. The molecular weight excluding hydrogens is 258 g/mol. The predicted octanol–water partition coefficient (Wildman–Crippen LogP) is 1.29. The van der Waals surface area contributed by atoms with Crippen LogP contribution in [0.2, 0.25) is 0 Å². The second-order valence-corrected chi connectivity index (χ2v) is 4.97. The molecule has 7 nitrogen and oxygen atoms in total. The zero-order valence-corrected chi connectivity index (χ0v) is 11.2. The topological polar surface area (TPSA) is 75.4 Å². The lowest BCUT2D eigenvalue weighted by atomic mass is 10.1. The average molecular weight is 273 g/mol. The van der Waals surface area contributed by atoms with Crippen LogP contribution in [0.3, 0.4) is 0 Å². The molecule has 1 aliphatic rings. The van der Waals surface area contributed by atoms with E-state index in [9.17, 15) is 10.1 Å². The molecule has 0 saturated carbocycles. The Morgan fingerprint density at radius 3 is 2.70 bits per heavy atom. The van der Waals surface area contributed by atoms with E-state index in [-0.39, 0.29) is 10.6 Å². The van der Waals surface area contributed by atoms with Crippen molar-refractivity contribution in [1.29, 1.82) is 0 Å². The number of anilines is 1. The predicted molar refractivity (Wildman–Crippen MR) is 75.9 cm³/mol. The van der Waals surface area contributed by atoms with Gasteiger partial charge in [0.25, 0.3) is 5.69 Å². The van der Waals surface area contributed by atoms with Crippen LogP contribution in [0.1, 0.15) is 0 Å². The van der Waals surface area contributed by atoms with Crippen LogP contribution in [0.25, 0.3) is 10.9 Å². The van der Waals surface area contributed by atoms with Gasteiger partial charge in [0.05, 0.1) is 10.4 Å². The normalized spacial score (nSPS) is 16.6. The number of benzene rings is 1. The summed E-state index contributed by atoms with van der Waals surface area (Å²) in [5.41, 5.74) is 1.51. The van der Waals surface area contributed by atoms with Gasteiger partial charge >= 0.3 is 0 Å². The van der Waals surface area contributed by atoms with Gasteiger partial charge in [-0.05, 0) is 13.1 Å². The maximum atomic E-state index is 11.3.